The Bertz CT molecular complexity index is 795. The Morgan fingerprint density at radius 1 is 1.27 bits per heavy atom. The van der Waals surface area contributed by atoms with Crippen molar-refractivity contribution in [2.75, 3.05) is 18.4 Å². The van der Waals surface area contributed by atoms with E-state index >= 15 is 0 Å². The number of halogens is 1. The van der Waals surface area contributed by atoms with Crippen molar-refractivity contribution in [2.24, 2.45) is 5.92 Å². The van der Waals surface area contributed by atoms with E-state index in [9.17, 15) is 14.9 Å². The van der Waals surface area contributed by atoms with Crippen molar-refractivity contribution in [2.45, 2.75) is 19.4 Å². The van der Waals surface area contributed by atoms with Crippen LogP contribution in [0.15, 0.2) is 48.5 Å². The molecule has 1 N–H and O–H groups in total. The van der Waals surface area contributed by atoms with E-state index in [0.29, 0.717) is 17.3 Å². The van der Waals surface area contributed by atoms with Crippen LogP contribution in [-0.2, 0) is 11.3 Å². The number of nitro benzene ring substituents is 1. The summed E-state index contributed by atoms with van der Waals surface area (Å²) in [4.78, 5) is 25.2. The number of hydrogen-bond acceptors (Lipinski definition) is 4. The molecule has 1 heterocycles. The lowest BCUT2D eigenvalue weighted by Gasteiger charge is -2.32. The van der Waals surface area contributed by atoms with Gasteiger partial charge in [-0.15, -0.1) is 0 Å². The zero-order valence-corrected chi connectivity index (χ0v) is 15.0. The molecule has 2 aromatic carbocycles. The minimum atomic E-state index is -0.468. The van der Waals surface area contributed by atoms with Gasteiger partial charge in [0.1, 0.15) is 0 Å². The van der Waals surface area contributed by atoms with Crippen molar-refractivity contribution >= 4 is 28.9 Å². The number of non-ortho nitro benzene ring substituents is 1. The van der Waals surface area contributed by atoms with Gasteiger partial charge in [-0.1, -0.05) is 29.8 Å². The first-order chi connectivity index (χ1) is 12.5. The molecule has 1 amide bonds. The molecule has 0 bridgehead atoms. The standard InChI is InChI=1S/C19H20ClN3O3/c20-16-8-6-14(7-9-16)12-22-10-2-3-15(13-22)19(24)21-17-4-1-5-18(11-17)23(25)26/h1,4-9,11,15H,2-3,10,12-13H2,(H,21,24)/t15-/m1/s1. The molecular weight excluding hydrogens is 354 g/mol. The minimum absolute atomic E-state index is 0.0317. The first kappa shape index (κ1) is 18.4. The van der Waals surface area contributed by atoms with E-state index < -0.39 is 4.92 Å². The number of nitrogens with one attached hydrogen (secondary N) is 1. The lowest BCUT2D eigenvalue weighted by Crippen LogP contribution is -2.40. The number of rotatable bonds is 5. The molecular formula is C19H20ClN3O3. The molecule has 6 nitrogen and oxygen atoms in total. The number of likely N-dealkylation sites (tertiary alicyclic amines) is 1. The number of anilines is 1. The van der Waals surface area contributed by atoms with Crippen LogP contribution >= 0.6 is 11.6 Å². The molecule has 1 aliphatic heterocycles. The molecule has 0 spiro atoms. The van der Waals surface area contributed by atoms with Crippen LogP contribution < -0.4 is 5.32 Å². The van der Waals surface area contributed by atoms with Crippen LogP contribution in [-0.4, -0.2) is 28.8 Å². The highest BCUT2D eigenvalue weighted by atomic mass is 35.5. The fourth-order valence-electron chi connectivity index (χ4n) is 3.20. The van der Waals surface area contributed by atoms with E-state index in [1.54, 1.807) is 12.1 Å². The van der Waals surface area contributed by atoms with Gasteiger partial charge in [-0.25, -0.2) is 0 Å². The van der Waals surface area contributed by atoms with E-state index in [-0.39, 0.29) is 17.5 Å². The summed E-state index contributed by atoms with van der Waals surface area (Å²) in [6, 6.07) is 13.8. The average molecular weight is 374 g/mol. The first-order valence-electron chi connectivity index (χ1n) is 8.53. The van der Waals surface area contributed by atoms with Gasteiger partial charge in [-0.2, -0.15) is 0 Å². The van der Waals surface area contributed by atoms with Crippen LogP contribution in [0.4, 0.5) is 11.4 Å². The van der Waals surface area contributed by atoms with Gasteiger partial charge in [0.25, 0.3) is 5.69 Å². The van der Waals surface area contributed by atoms with Crippen LogP contribution in [0.25, 0.3) is 0 Å². The summed E-state index contributed by atoms with van der Waals surface area (Å²) >= 11 is 5.92. The van der Waals surface area contributed by atoms with E-state index in [1.807, 2.05) is 24.3 Å². The maximum absolute atomic E-state index is 12.6. The number of benzene rings is 2. The Kier molecular flexibility index (Phi) is 5.85. The molecule has 0 aromatic heterocycles. The molecule has 136 valence electrons. The summed E-state index contributed by atoms with van der Waals surface area (Å²) in [6.45, 7) is 2.39. The Labute approximate surface area is 156 Å². The van der Waals surface area contributed by atoms with Crippen LogP contribution in [0.1, 0.15) is 18.4 Å². The van der Waals surface area contributed by atoms with Crippen LogP contribution in [0, 0.1) is 16.0 Å². The molecule has 26 heavy (non-hydrogen) atoms. The van der Waals surface area contributed by atoms with E-state index in [4.69, 9.17) is 11.6 Å². The lowest BCUT2D eigenvalue weighted by molar-refractivity contribution is -0.384. The Morgan fingerprint density at radius 2 is 2.04 bits per heavy atom. The molecule has 0 unspecified atom stereocenters. The predicted molar refractivity (Wildman–Crippen MR) is 101 cm³/mol. The van der Waals surface area contributed by atoms with Crippen LogP contribution in [0.2, 0.25) is 5.02 Å². The quantitative estimate of drug-likeness (QED) is 0.632. The fourth-order valence-corrected chi connectivity index (χ4v) is 3.33. The zero-order valence-electron chi connectivity index (χ0n) is 14.2. The van der Waals surface area contributed by atoms with Crippen LogP contribution in [0.3, 0.4) is 0 Å². The topological polar surface area (TPSA) is 75.5 Å². The number of carbonyl (C=O) groups is 1. The highest BCUT2D eigenvalue weighted by molar-refractivity contribution is 6.30. The van der Waals surface area contributed by atoms with Gasteiger partial charge in [0.05, 0.1) is 10.8 Å². The van der Waals surface area contributed by atoms with Gasteiger partial charge >= 0.3 is 0 Å². The van der Waals surface area contributed by atoms with E-state index in [0.717, 1.165) is 31.5 Å². The molecule has 1 fully saturated rings. The van der Waals surface area contributed by atoms with Gasteiger partial charge in [0.2, 0.25) is 5.91 Å². The zero-order chi connectivity index (χ0) is 18.5. The Hall–Kier alpha value is -2.44. The lowest BCUT2D eigenvalue weighted by atomic mass is 9.96. The normalized spacial score (nSPS) is 17.7. The minimum Gasteiger partial charge on any atom is -0.326 e. The average Bonchev–Trinajstić information content (AvgIpc) is 2.64. The van der Waals surface area contributed by atoms with Gasteiger partial charge in [0.15, 0.2) is 0 Å². The van der Waals surface area contributed by atoms with Crippen molar-refractivity contribution in [3.8, 4) is 0 Å². The maximum Gasteiger partial charge on any atom is 0.271 e. The van der Waals surface area contributed by atoms with Gasteiger partial charge < -0.3 is 5.32 Å². The highest BCUT2D eigenvalue weighted by Gasteiger charge is 2.26. The number of hydrogen-bond donors (Lipinski definition) is 1. The third kappa shape index (κ3) is 4.80. The van der Waals surface area contributed by atoms with Crippen molar-refractivity contribution in [3.05, 3.63) is 69.2 Å². The van der Waals surface area contributed by atoms with Gasteiger partial charge in [-0.3, -0.25) is 19.8 Å². The van der Waals surface area contributed by atoms with Crippen LogP contribution in [0.5, 0.6) is 0 Å². The smallest absolute Gasteiger partial charge is 0.271 e. The second-order valence-corrected chi connectivity index (χ2v) is 6.93. The van der Waals surface area contributed by atoms with E-state index in [2.05, 4.69) is 10.2 Å². The molecule has 0 saturated carbocycles. The highest BCUT2D eigenvalue weighted by Crippen LogP contribution is 2.22. The second kappa shape index (κ2) is 8.29. The summed E-state index contributed by atoms with van der Waals surface area (Å²) in [6.07, 6.45) is 1.76. The summed E-state index contributed by atoms with van der Waals surface area (Å²) in [7, 11) is 0. The monoisotopic (exact) mass is 373 g/mol. The summed E-state index contributed by atoms with van der Waals surface area (Å²) < 4.78 is 0. The third-order valence-corrected chi connectivity index (χ3v) is 4.77. The largest absolute Gasteiger partial charge is 0.326 e. The summed E-state index contributed by atoms with van der Waals surface area (Å²) in [5, 5.41) is 14.4. The van der Waals surface area contributed by atoms with Crippen molar-refractivity contribution in [3.63, 3.8) is 0 Å². The molecule has 1 aliphatic rings. The molecule has 3 rings (SSSR count). The third-order valence-electron chi connectivity index (χ3n) is 4.52. The number of amides is 1. The molecule has 2 aromatic rings. The van der Waals surface area contributed by atoms with Gasteiger partial charge in [0, 0.05) is 35.9 Å². The number of nitrogens with zero attached hydrogens (tertiary/aromatic N) is 2. The number of piperidine rings is 1. The predicted octanol–water partition coefficient (Wildman–Crippen LogP) is 4.10. The van der Waals surface area contributed by atoms with E-state index in [1.165, 1.54) is 12.1 Å². The molecule has 0 radical (unpaired) electrons. The van der Waals surface area contributed by atoms with Crippen molar-refractivity contribution in [1.29, 1.82) is 0 Å². The molecule has 7 heteroatoms. The molecule has 1 saturated heterocycles. The number of nitro groups is 1. The Morgan fingerprint density at radius 3 is 2.77 bits per heavy atom. The Balaban J connectivity index is 1.60. The second-order valence-electron chi connectivity index (χ2n) is 6.50. The first-order valence-corrected chi connectivity index (χ1v) is 8.91. The van der Waals surface area contributed by atoms with Crippen molar-refractivity contribution in [1.82, 2.24) is 4.90 Å². The molecule has 1 atom stereocenters. The summed E-state index contributed by atoms with van der Waals surface area (Å²) in [5.74, 6) is -0.221. The van der Waals surface area contributed by atoms with Crippen molar-refractivity contribution < 1.29 is 9.72 Å². The molecule has 0 aliphatic carbocycles. The summed E-state index contributed by atoms with van der Waals surface area (Å²) in [5.41, 5.74) is 1.59. The number of carbonyl (C=O) groups excluding carboxylic acids is 1. The fraction of sp³-hybridized carbons (Fsp3) is 0.316. The SMILES string of the molecule is O=C(Nc1cccc([N+](=O)[O-])c1)[C@@H]1CCCN(Cc2ccc(Cl)cc2)C1. The van der Waals surface area contributed by atoms with Gasteiger partial charge in [-0.05, 0) is 43.1 Å². The maximum atomic E-state index is 12.6.